The minimum atomic E-state index is 0.428. The van der Waals surface area contributed by atoms with E-state index in [4.69, 9.17) is 3.07 Å². The fourth-order valence-electron chi connectivity index (χ4n) is 2.42. The molecule has 0 aliphatic rings. The number of rotatable bonds is 3. The average molecular weight is 418 g/mol. The number of halogens is 1. The lowest BCUT2D eigenvalue weighted by Gasteiger charge is -2.03. The van der Waals surface area contributed by atoms with Crippen molar-refractivity contribution in [2.75, 3.05) is 0 Å². The van der Waals surface area contributed by atoms with Crippen LogP contribution in [-0.2, 0) is 0 Å². The quantitative estimate of drug-likeness (QED) is 0.517. The molecular formula is C15H11IN6O. The van der Waals surface area contributed by atoms with Gasteiger partial charge >= 0.3 is 6.01 Å². The second kappa shape index (κ2) is 5.61. The molecule has 4 heterocycles. The van der Waals surface area contributed by atoms with Crippen molar-refractivity contribution in [3.8, 4) is 28.7 Å². The molecule has 4 aromatic heterocycles. The third-order valence-corrected chi connectivity index (χ3v) is 3.87. The van der Waals surface area contributed by atoms with E-state index in [1.165, 1.54) is 6.33 Å². The molecule has 114 valence electrons. The van der Waals surface area contributed by atoms with Gasteiger partial charge in [-0.2, -0.15) is 10.1 Å². The van der Waals surface area contributed by atoms with Crippen molar-refractivity contribution < 1.29 is 3.07 Å². The average Bonchev–Trinajstić information content (AvgIpc) is 3.20. The SMILES string of the molecule is Cc1cccc(-c2nc(OI)[nH]c2-c2ccc3ncnn3c2)n1. The van der Waals surface area contributed by atoms with Crippen molar-refractivity contribution in [3.05, 3.63) is 48.5 Å². The molecule has 4 rings (SSSR count). The Morgan fingerprint density at radius 1 is 1.17 bits per heavy atom. The minimum absolute atomic E-state index is 0.428. The summed E-state index contributed by atoms with van der Waals surface area (Å²) in [7, 11) is 0. The van der Waals surface area contributed by atoms with E-state index in [2.05, 4.69) is 25.0 Å². The molecule has 7 nitrogen and oxygen atoms in total. The van der Waals surface area contributed by atoms with E-state index in [1.807, 2.05) is 43.5 Å². The summed E-state index contributed by atoms with van der Waals surface area (Å²) in [4.78, 5) is 16.4. The fourth-order valence-corrected chi connectivity index (χ4v) is 2.63. The zero-order valence-corrected chi connectivity index (χ0v) is 14.2. The largest absolute Gasteiger partial charge is 0.394 e. The molecule has 1 N–H and O–H groups in total. The Morgan fingerprint density at radius 2 is 2.09 bits per heavy atom. The Balaban J connectivity index is 1.91. The monoisotopic (exact) mass is 418 g/mol. The number of H-pyrrole nitrogens is 1. The number of fused-ring (bicyclic) bond motifs is 1. The lowest BCUT2D eigenvalue weighted by molar-refractivity contribution is 0.657. The summed E-state index contributed by atoms with van der Waals surface area (Å²) in [5.74, 6) is 0. The first-order valence-electron chi connectivity index (χ1n) is 6.87. The molecule has 0 radical (unpaired) electrons. The molecule has 0 fully saturated rings. The lowest BCUT2D eigenvalue weighted by Crippen LogP contribution is -1.92. The highest BCUT2D eigenvalue weighted by Crippen LogP contribution is 2.31. The van der Waals surface area contributed by atoms with Gasteiger partial charge in [0.2, 0.25) is 0 Å². The summed E-state index contributed by atoms with van der Waals surface area (Å²) in [6.45, 7) is 1.95. The minimum Gasteiger partial charge on any atom is -0.394 e. The van der Waals surface area contributed by atoms with Crippen LogP contribution in [0.25, 0.3) is 28.3 Å². The standard InChI is InChI=1S/C15H11IN6O/c1-9-3-2-4-11(19-9)14-13(20-15(21-14)23-16)10-5-6-12-17-8-18-22(12)7-10/h2-8H,1H3,(H,20,21). The van der Waals surface area contributed by atoms with Crippen LogP contribution >= 0.6 is 23.0 Å². The maximum atomic E-state index is 5.22. The van der Waals surface area contributed by atoms with Gasteiger partial charge in [-0.3, -0.25) is 4.98 Å². The Labute approximate surface area is 145 Å². The number of hydrogen-bond donors (Lipinski definition) is 1. The highest BCUT2D eigenvalue weighted by atomic mass is 127. The van der Waals surface area contributed by atoms with E-state index in [9.17, 15) is 0 Å². The summed E-state index contributed by atoms with van der Waals surface area (Å²) >= 11 is 1.80. The van der Waals surface area contributed by atoms with Crippen molar-refractivity contribution >= 4 is 28.7 Å². The van der Waals surface area contributed by atoms with Crippen molar-refractivity contribution in [2.24, 2.45) is 0 Å². The summed E-state index contributed by atoms with van der Waals surface area (Å²) in [5.41, 5.74) is 4.99. The lowest BCUT2D eigenvalue weighted by atomic mass is 10.1. The Morgan fingerprint density at radius 3 is 2.91 bits per heavy atom. The van der Waals surface area contributed by atoms with E-state index >= 15 is 0 Å². The van der Waals surface area contributed by atoms with Gasteiger partial charge in [0.25, 0.3) is 0 Å². The fraction of sp³-hybridized carbons (Fsp3) is 0.0667. The molecule has 0 aliphatic heterocycles. The van der Waals surface area contributed by atoms with Gasteiger partial charge in [0.15, 0.2) is 28.7 Å². The van der Waals surface area contributed by atoms with Gasteiger partial charge in [-0.1, -0.05) is 6.07 Å². The van der Waals surface area contributed by atoms with Crippen LogP contribution in [0.3, 0.4) is 0 Å². The van der Waals surface area contributed by atoms with Crippen LogP contribution in [-0.4, -0.2) is 29.5 Å². The molecule has 0 saturated heterocycles. The molecule has 0 saturated carbocycles. The van der Waals surface area contributed by atoms with E-state index in [-0.39, 0.29) is 0 Å². The van der Waals surface area contributed by atoms with Crippen molar-refractivity contribution in [1.82, 2.24) is 29.5 Å². The van der Waals surface area contributed by atoms with Crippen LogP contribution in [0.2, 0.25) is 0 Å². The number of pyridine rings is 2. The molecule has 0 spiro atoms. The van der Waals surface area contributed by atoms with Gasteiger partial charge in [0, 0.05) is 17.5 Å². The van der Waals surface area contributed by atoms with Crippen LogP contribution in [0.1, 0.15) is 5.69 Å². The molecule has 4 aromatic rings. The highest BCUT2D eigenvalue weighted by Gasteiger charge is 2.16. The van der Waals surface area contributed by atoms with Crippen molar-refractivity contribution in [3.63, 3.8) is 0 Å². The number of nitrogens with zero attached hydrogens (tertiary/aromatic N) is 5. The maximum absolute atomic E-state index is 5.22. The Hall–Kier alpha value is -2.49. The topological polar surface area (TPSA) is 81.0 Å². The van der Waals surface area contributed by atoms with Gasteiger partial charge in [0.1, 0.15) is 12.0 Å². The predicted octanol–water partition coefficient (Wildman–Crippen LogP) is 3.22. The molecule has 0 unspecified atom stereocenters. The Kier molecular flexibility index (Phi) is 3.45. The van der Waals surface area contributed by atoms with Gasteiger partial charge in [0.05, 0.1) is 11.4 Å². The smallest absolute Gasteiger partial charge is 0.304 e. The summed E-state index contributed by atoms with van der Waals surface area (Å²) in [5, 5.41) is 4.17. The first-order chi connectivity index (χ1) is 11.2. The van der Waals surface area contributed by atoms with Crippen LogP contribution < -0.4 is 3.07 Å². The van der Waals surface area contributed by atoms with Gasteiger partial charge < -0.3 is 8.05 Å². The van der Waals surface area contributed by atoms with E-state index in [0.29, 0.717) is 6.01 Å². The second-order valence-electron chi connectivity index (χ2n) is 4.99. The molecular weight excluding hydrogens is 407 g/mol. The Bertz CT molecular complexity index is 992. The highest BCUT2D eigenvalue weighted by molar-refractivity contribution is 14.1. The molecule has 0 aromatic carbocycles. The number of hydrogen-bond acceptors (Lipinski definition) is 5. The number of aromatic amines is 1. The first kappa shape index (κ1) is 14.1. The number of nitrogens with one attached hydrogen (secondary N) is 1. The third-order valence-electron chi connectivity index (χ3n) is 3.45. The zero-order valence-electron chi connectivity index (χ0n) is 12.1. The molecule has 8 heteroatoms. The first-order valence-corrected chi connectivity index (χ1v) is 7.75. The van der Waals surface area contributed by atoms with Crippen LogP contribution in [0.4, 0.5) is 0 Å². The molecule has 0 bridgehead atoms. The van der Waals surface area contributed by atoms with Crippen LogP contribution in [0.15, 0.2) is 42.9 Å². The van der Waals surface area contributed by atoms with Gasteiger partial charge in [-0.15, -0.1) is 0 Å². The van der Waals surface area contributed by atoms with E-state index in [1.54, 1.807) is 27.5 Å². The number of aromatic nitrogens is 6. The summed E-state index contributed by atoms with van der Waals surface area (Å²) in [6, 6.07) is 10.1. The number of imidazole rings is 1. The maximum Gasteiger partial charge on any atom is 0.304 e. The van der Waals surface area contributed by atoms with Crippen LogP contribution in [0.5, 0.6) is 6.01 Å². The van der Waals surface area contributed by atoms with E-state index < -0.39 is 0 Å². The molecule has 0 atom stereocenters. The van der Waals surface area contributed by atoms with Crippen molar-refractivity contribution in [2.45, 2.75) is 6.92 Å². The van der Waals surface area contributed by atoms with E-state index in [0.717, 1.165) is 34.0 Å². The second-order valence-corrected chi connectivity index (χ2v) is 5.43. The van der Waals surface area contributed by atoms with Crippen molar-refractivity contribution in [1.29, 1.82) is 0 Å². The van der Waals surface area contributed by atoms with Gasteiger partial charge in [-0.05, 0) is 31.2 Å². The normalized spacial score (nSPS) is 11.0. The van der Waals surface area contributed by atoms with Gasteiger partial charge in [-0.25, -0.2) is 9.50 Å². The summed E-state index contributed by atoms with van der Waals surface area (Å²) < 4.78 is 6.94. The zero-order chi connectivity index (χ0) is 15.8. The predicted molar refractivity (Wildman–Crippen MR) is 93.2 cm³/mol. The molecule has 23 heavy (non-hydrogen) atoms. The molecule has 0 aliphatic carbocycles. The van der Waals surface area contributed by atoms with Crippen LogP contribution in [0, 0.1) is 6.92 Å². The summed E-state index contributed by atoms with van der Waals surface area (Å²) in [6.07, 6.45) is 3.42. The molecule has 0 amide bonds. The third kappa shape index (κ3) is 2.54. The number of aryl methyl sites for hydroxylation is 1.